The van der Waals surface area contributed by atoms with Crippen molar-refractivity contribution in [1.82, 2.24) is 4.98 Å². The largest absolute Gasteiger partial charge is 0.443 e. The number of ether oxygens (including phenoxy) is 1. The average molecular weight is 390 g/mol. The van der Waals surface area contributed by atoms with Gasteiger partial charge in [-0.3, -0.25) is 0 Å². The van der Waals surface area contributed by atoms with Crippen LogP contribution in [0, 0.1) is 11.6 Å². The van der Waals surface area contributed by atoms with Gasteiger partial charge in [-0.1, -0.05) is 6.07 Å². The first-order chi connectivity index (χ1) is 13.4. The summed E-state index contributed by atoms with van der Waals surface area (Å²) in [4.78, 5) is 22.5. The Kier molecular flexibility index (Phi) is 5.87. The molecule has 1 aromatic heterocycles. The fourth-order valence-electron chi connectivity index (χ4n) is 2.93. The zero-order valence-electron chi connectivity index (χ0n) is 15.0. The highest BCUT2D eigenvalue weighted by atomic mass is 19.1. The molecule has 0 aliphatic carbocycles. The zero-order chi connectivity index (χ0) is 20.1. The molecule has 0 atom stereocenters. The van der Waals surface area contributed by atoms with Gasteiger partial charge in [-0.05, 0) is 24.3 Å². The van der Waals surface area contributed by atoms with Gasteiger partial charge in [0.15, 0.2) is 17.6 Å². The Hall–Kier alpha value is -3.43. The molecule has 1 fully saturated rings. The summed E-state index contributed by atoms with van der Waals surface area (Å²) >= 11 is 0. The van der Waals surface area contributed by atoms with Crippen molar-refractivity contribution in [2.45, 2.75) is 6.61 Å². The summed E-state index contributed by atoms with van der Waals surface area (Å²) in [5.74, 6) is -1.12. The highest BCUT2D eigenvalue weighted by Crippen LogP contribution is 2.24. The van der Waals surface area contributed by atoms with E-state index in [4.69, 9.17) is 16.2 Å². The Morgan fingerprint density at radius 2 is 1.86 bits per heavy atom. The molecule has 10 heteroatoms. The maximum Gasteiger partial charge on any atom is 0.437 e. The number of carbonyl (C=O) groups is 1. The first-order valence-electron chi connectivity index (χ1n) is 8.59. The van der Waals surface area contributed by atoms with Gasteiger partial charge in [-0.25, -0.2) is 18.6 Å². The van der Waals surface area contributed by atoms with Crippen LogP contribution in [0.4, 0.5) is 25.1 Å². The first-order valence-corrected chi connectivity index (χ1v) is 8.59. The number of nitrogens with zero attached hydrogens (tertiary/aromatic N) is 4. The summed E-state index contributed by atoms with van der Waals surface area (Å²) in [6, 6.07) is 7.78. The van der Waals surface area contributed by atoms with Crippen LogP contribution < -0.4 is 21.3 Å². The van der Waals surface area contributed by atoms with Gasteiger partial charge < -0.3 is 26.0 Å². The minimum atomic E-state index is -0.999. The fraction of sp³-hybridized carbons (Fsp3) is 0.278. The summed E-state index contributed by atoms with van der Waals surface area (Å²) in [6.45, 7) is 1.89. The van der Waals surface area contributed by atoms with Crippen LogP contribution in [-0.4, -0.2) is 43.2 Å². The third kappa shape index (κ3) is 4.64. The number of piperazine rings is 1. The first kappa shape index (κ1) is 19.3. The number of pyridine rings is 1. The lowest BCUT2D eigenvalue weighted by Gasteiger charge is -2.37. The topological polar surface area (TPSA) is 110 Å². The van der Waals surface area contributed by atoms with Crippen molar-refractivity contribution in [1.29, 1.82) is 0 Å². The molecule has 1 aliphatic heterocycles. The molecular weight excluding hydrogens is 370 g/mol. The standard InChI is InChI=1S/C18H20F2N6O2/c19-13-2-1-3-14(10-13)25-6-8-26(9-7-25)16-15(20)12(4-5-23-16)11-28-18(27)24-17(21)22/h1-5,10H,6-9,11H2,(H4,21,22,24,27). The molecular formula is C18H20F2N6O2. The van der Waals surface area contributed by atoms with E-state index in [2.05, 4.69) is 9.98 Å². The van der Waals surface area contributed by atoms with Gasteiger partial charge in [0.25, 0.3) is 0 Å². The molecule has 4 N–H and O–H groups in total. The Morgan fingerprint density at radius 1 is 1.14 bits per heavy atom. The zero-order valence-corrected chi connectivity index (χ0v) is 15.0. The van der Waals surface area contributed by atoms with Gasteiger partial charge >= 0.3 is 6.09 Å². The summed E-state index contributed by atoms with van der Waals surface area (Å²) in [5.41, 5.74) is 11.1. The molecule has 3 rings (SSSR count). The van der Waals surface area contributed by atoms with E-state index in [-0.39, 0.29) is 23.8 Å². The Morgan fingerprint density at radius 3 is 2.54 bits per heavy atom. The lowest BCUT2D eigenvalue weighted by atomic mass is 10.2. The molecule has 2 heterocycles. The Labute approximate surface area is 160 Å². The van der Waals surface area contributed by atoms with Crippen molar-refractivity contribution in [3.05, 3.63) is 53.7 Å². The number of rotatable bonds is 4. The molecule has 0 spiro atoms. The third-order valence-electron chi connectivity index (χ3n) is 4.27. The smallest absolute Gasteiger partial charge is 0.437 e. The van der Waals surface area contributed by atoms with E-state index in [1.807, 2.05) is 11.0 Å². The van der Waals surface area contributed by atoms with E-state index in [1.165, 1.54) is 24.4 Å². The maximum absolute atomic E-state index is 14.8. The molecule has 1 saturated heterocycles. The highest BCUT2D eigenvalue weighted by molar-refractivity contribution is 5.87. The van der Waals surface area contributed by atoms with Gasteiger partial charge in [-0.2, -0.15) is 0 Å². The van der Waals surface area contributed by atoms with Crippen molar-refractivity contribution in [3.8, 4) is 0 Å². The SMILES string of the molecule is NC(N)=NC(=O)OCc1ccnc(N2CCN(c3cccc(F)c3)CC2)c1F. The Balaban J connectivity index is 1.65. The number of amides is 1. The average Bonchev–Trinajstić information content (AvgIpc) is 2.67. The van der Waals surface area contributed by atoms with Crippen LogP contribution in [-0.2, 0) is 11.3 Å². The monoisotopic (exact) mass is 390 g/mol. The quantitative estimate of drug-likeness (QED) is 0.603. The molecule has 0 bridgehead atoms. The normalized spacial score (nSPS) is 13.9. The van der Waals surface area contributed by atoms with Crippen molar-refractivity contribution < 1.29 is 18.3 Å². The number of guanidine groups is 1. The van der Waals surface area contributed by atoms with E-state index in [9.17, 15) is 13.6 Å². The molecule has 8 nitrogen and oxygen atoms in total. The fourth-order valence-corrected chi connectivity index (χ4v) is 2.93. The molecule has 2 aromatic rings. The summed E-state index contributed by atoms with van der Waals surface area (Å²) < 4.78 is 33.0. The van der Waals surface area contributed by atoms with Crippen molar-refractivity contribution in [2.75, 3.05) is 36.0 Å². The van der Waals surface area contributed by atoms with Crippen LogP contribution >= 0.6 is 0 Å². The van der Waals surface area contributed by atoms with Crippen LogP contribution in [0.2, 0.25) is 0 Å². The van der Waals surface area contributed by atoms with Crippen molar-refractivity contribution >= 4 is 23.6 Å². The molecule has 28 heavy (non-hydrogen) atoms. The maximum atomic E-state index is 14.8. The number of hydrogen-bond acceptors (Lipinski definition) is 5. The molecule has 148 valence electrons. The van der Waals surface area contributed by atoms with Crippen LogP contribution in [0.15, 0.2) is 41.5 Å². The lowest BCUT2D eigenvalue weighted by Crippen LogP contribution is -2.47. The minimum absolute atomic E-state index is 0.164. The van der Waals surface area contributed by atoms with Gasteiger partial charge in [0.2, 0.25) is 0 Å². The number of hydrogen-bond donors (Lipinski definition) is 2. The number of anilines is 2. The second-order valence-corrected chi connectivity index (χ2v) is 6.15. The van der Waals surface area contributed by atoms with E-state index >= 15 is 0 Å². The van der Waals surface area contributed by atoms with E-state index < -0.39 is 17.9 Å². The molecule has 0 unspecified atom stereocenters. The predicted molar refractivity (Wildman–Crippen MR) is 101 cm³/mol. The molecule has 0 saturated carbocycles. The number of aromatic nitrogens is 1. The van der Waals surface area contributed by atoms with Crippen LogP contribution in [0.3, 0.4) is 0 Å². The van der Waals surface area contributed by atoms with Crippen molar-refractivity contribution in [2.24, 2.45) is 16.5 Å². The molecule has 1 amide bonds. The third-order valence-corrected chi connectivity index (χ3v) is 4.27. The van der Waals surface area contributed by atoms with Gasteiger partial charge in [0, 0.05) is 43.6 Å². The van der Waals surface area contributed by atoms with Crippen LogP contribution in [0.25, 0.3) is 0 Å². The van der Waals surface area contributed by atoms with E-state index in [1.54, 1.807) is 11.0 Å². The molecule has 1 aromatic carbocycles. The number of benzene rings is 1. The molecule has 1 aliphatic rings. The summed E-state index contributed by atoms with van der Waals surface area (Å²) in [5, 5.41) is 0. The predicted octanol–water partition coefficient (Wildman–Crippen LogP) is 1.60. The molecule has 0 radical (unpaired) electrons. The highest BCUT2D eigenvalue weighted by Gasteiger charge is 2.22. The minimum Gasteiger partial charge on any atom is -0.443 e. The van der Waals surface area contributed by atoms with Crippen LogP contribution in [0.5, 0.6) is 0 Å². The number of carbonyl (C=O) groups excluding carboxylic acids is 1. The van der Waals surface area contributed by atoms with E-state index in [0.717, 1.165) is 5.69 Å². The number of halogens is 2. The second kappa shape index (κ2) is 8.51. The van der Waals surface area contributed by atoms with Gasteiger partial charge in [0.1, 0.15) is 12.4 Å². The van der Waals surface area contributed by atoms with Crippen molar-refractivity contribution in [3.63, 3.8) is 0 Å². The summed E-state index contributed by atoms with van der Waals surface area (Å²) in [6.07, 6.45) is 0.447. The van der Waals surface area contributed by atoms with Gasteiger partial charge in [-0.15, -0.1) is 4.99 Å². The Bertz CT molecular complexity index is 880. The number of aliphatic imine (C=N–C) groups is 1. The van der Waals surface area contributed by atoms with Gasteiger partial charge in [0.05, 0.1) is 0 Å². The van der Waals surface area contributed by atoms with Crippen LogP contribution in [0.1, 0.15) is 5.56 Å². The summed E-state index contributed by atoms with van der Waals surface area (Å²) in [7, 11) is 0. The number of nitrogens with two attached hydrogens (primary N) is 2. The second-order valence-electron chi connectivity index (χ2n) is 6.15. The van der Waals surface area contributed by atoms with E-state index in [0.29, 0.717) is 26.2 Å². The lowest BCUT2D eigenvalue weighted by molar-refractivity contribution is 0.149.